The number of halogens is 2. The zero-order valence-corrected chi connectivity index (χ0v) is 16.5. The second-order valence-electron chi connectivity index (χ2n) is 5.92. The Hall–Kier alpha value is -0.0900. The molecule has 4 nitrogen and oxygen atoms in total. The Morgan fingerprint density at radius 3 is 2.57 bits per heavy atom. The minimum absolute atomic E-state index is 0.00814. The molecule has 3 N–H and O–H groups in total. The average molecular weight is 516 g/mol. The fourth-order valence-corrected chi connectivity index (χ4v) is 4.57. The van der Waals surface area contributed by atoms with Crippen LogP contribution < -0.4 is 5.32 Å². The molecule has 1 heterocycles. The molecule has 0 aromatic heterocycles. The van der Waals surface area contributed by atoms with Gasteiger partial charge in [0.2, 0.25) is 0 Å². The SMILES string of the molecule is CC(C)(OC(=O)c1cc(I)cc(I)c1O)C1CC[NH2+]CC1. The molecule has 0 unspecified atom stereocenters. The monoisotopic (exact) mass is 516 g/mol. The number of hydrogen-bond donors (Lipinski definition) is 2. The summed E-state index contributed by atoms with van der Waals surface area (Å²) in [4.78, 5) is 12.4. The largest absolute Gasteiger partial charge is 0.506 e. The first-order valence-corrected chi connectivity index (χ1v) is 9.20. The zero-order chi connectivity index (χ0) is 15.6. The van der Waals surface area contributed by atoms with Gasteiger partial charge in [-0.1, -0.05) is 0 Å². The fraction of sp³-hybridized carbons (Fsp3) is 0.533. The summed E-state index contributed by atoms with van der Waals surface area (Å²) < 4.78 is 7.31. The van der Waals surface area contributed by atoms with Gasteiger partial charge in [-0.25, -0.2) is 4.79 Å². The van der Waals surface area contributed by atoms with Crippen LogP contribution in [0.5, 0.6) is 5.75 Å². The van der Waals surface area contributed by atoms with Crippen molar-refractivity contribution in [2.24, 2.45) is 5.92 Å². The third kappa shape index (κ3) is 4.22. The Balaban J connectivity index is 2.17. The van der Waals surface area contributed by atoms with Gasteiger partial charge < -0.3 is 15.2 Å². The first-order valence-electron chi connectivity index (χ1n) is 7.04. The summed E-state index contributed by atoms with van der Waals surface area (Å²) in [5.41, 5.74) is -0.258. The molecular weight excluding hydrogens is 496 g/mol. The topological polar surface area (TPSA) is 63.1 Å². The number of esters is 1. The highest BCUT2D eigenvalue weighted by molar-refractivity contribution is 14.1. The van der Waals surface area contributed by atoms with Gasteiger partial charge in [-0.15, -0.1) is 0 Å². The standard InChI is InChI=1S/C15H19I2NO3/c1-15(2,9-3-5-18-6-4-9)21-14(20)11-7-10(16)8-12(17)13(11)19/h7-9,18-19H,3-6H2,1-2H3/p+1. The van der Waals surface area contributed by atoms with E-state index in [-0.39, 0.29) is 11.3 Å². The van der Waals surface area contributed by atoms with E-state index in [4.69, 9.17) is 4.74 Å². The molecule has 1 aromatic carbocycles. The lowest BCUT2D eigenvalue weighted by atomic mass is 9.83. The van der Waals surface area contributed by atoms with Gasteiger partial charge in [0.25, 0.3) is 0 Å². The summed E-state index contributed by atoms with van der Waals surface area (Å²) in [7, 11) is 0. The minimum atomic E-state index is -0.509. The van der Waals surface area contributed by atoms with E-state index in [1.165, 1.54) is 0 Å². The van der Waals surface area contributed by atoms with Crippen LogP contribution in [0, 0.1) is 13.1 Å². The molecule has 1 aromatic rings. The number of hydrogen-bond acceptors (Lipinski definition) is 3. The number of quaternary nitrogens is 1. The molecule has 1 saturated heterocycles. The summed E-state index contributed by atoms with van der Waals surface area (Å²) in [6.07, 6.45) is 2.10. The number of benzene rings is 1. The predicted octanol–water partition coefficient (Wildman–Crippen LogP) is 2.51. The van der Waals surface area contributed by atoms with Gasteiger partial charge in [-0.05, 0) is 71.2 Å². The first-order chi connectivity index (χ1) is 9.81. The molecule has 0 atom stereocenters. The highest BCUT2D eigenvalue weighted by Crippen LogP contribution is 2.32. The molecule has 1 aliphatic rings. The van der Waals surface area contributed by atoms with Gasteiger partial charge in [-0.3, -0.25) is 0 Å². The maximum atomic E-state index is 12.4. The van der Waals surface area contributed by atoms with E-state index >= 15 is 0 Å². The van der Waals surface area contributed by atoms with E-state index < -0.39 is 11.6 Å². The van der Waals surface area contributed by atoms with E-state index in [1.54, 1.807) is 6.07 Å². The number of piperidine rings is 1. The molecule has 1 aliphatic heterocycles. The van der Waals surface area contributed by atoms with Gasteiger partial charge in [-0.2, -0.15) is 0 Å². The summed E-state index contributed by atoms with van der Waals surface area (Å²) in [5, 5.41) is 12.4. The molecule has 0 aliphatic carbocycles. The number of aromatic hydroxyl groups is 1. The van der Waals surface area contributed by atoms with E-state index in [1.807, 2.05) is 42.5 Å². The van der Waals surface area contributed by atoms with Crippen LogP contribution in [0.25, 0.3) is 0 Å². The van der Waals surface area contributed by atoms with Crippen molar-refractivity contribution in [2.45, 2.75) is 32.3 Å². The summed E-state index contributed by atoms with van der Waals surface area (Å²) in [6, 6.07) is 3.50. The summed E-state index contributed by atoms with van der Waals surface area (Å²) in [6.45, 7) is 6.10. The lowest BCUT2D eigenvalue weighted by Gasteiger charge is -2.35. The Morgan fingerprint density at radius 1 is 1.33 bits per heavy atom. The number of phenols is 1. The van der Waals surface area contributed by atoms with Gasteiger partial charge in [0.05, 0.1) is 16.7 Å². The minimum Gasteiger partial charge on any atom is -0.506 e. The number of rotatable bonds is 3. The van der Waals surface area contributed by atoms with Crippen LogP contribution >= 0.6 is 45.2 Å². The van der Waals surface area contributed by atoms with Gasteiger partial charge >= 0.3 is 5.97 Å². The van der Waals surface area contributed by atoms with Gasteiger partial charge in [0.15, 0.2) is 0 Å². The number of carbonyl (C=O) groups excluding carboxylic acids is 1. The van der Waals surface area contributed by atoms with E-state index in [0.29, 0.717) is 9.49 Å². The Bertz CT molecular complexity index is 540. The van der Waals surface area contributed by atoms with Crippen LogP contribution in [0.1, 0.15) is 37.0 Å². The normalized spacial score (nSPS) is 16.8. The molecule has 116 valence electrons. The summed E-state index contributed by atoms with van der Waals surface area (Å²) >= 11 is 4.16. The third-order valence-electron chi connectivity index (χ3n) is 4.03. The molecule has 2 rings (SSSR count). The smallest absolute Gasteiger partial charge is 0.342 e. The lowest BCUT2D eigenvalue weighted by molar-refractivity contribution is -0.665. The second-order valence-corrected chi connectivity index (χ2v) is 8.32. The van der Waals surface area contributed by atoms with Crippen molar-refractivity contribution in [1.29, 1.82) is 0 Å². The lowest BCUT2D eigenvalue weighted by Crippen LogP contribution is -2.86. The van der Waals surface area contributed by atoms with Crippen molar-refractivity contribution in [3.63, 3.8) is 0 Å². The number of carbonyl (C=O) groups is 1. The van der Waals surface area contributed by atoms with Crippen LogP contribution in [-0.4, -0.2) is 29.8 Å². The van der Waals surface area contributed by atoms with Crippen LogP contribution in [0.15, 0.2) is 12.1 Å². The van der Waals surface area contributed by atoms with E-state index in [2.05, 4.69) is 27.9 Å². The van der Waals surface area contributed by atoms with Gasteiger partial charge in [0.1, 0.15) is 16.9 Å². The molecular formula is C15H20I2NO3+. The molecule has 1 fully saturated rings. The molecule has 0 radical (unpaired) electrons. The molecule has 6 heteroatoms. The number of phenolic OH excluding ortho intramolecular Hbond substituents is 1. The van der Waals surface area contributed by atoms with Crippen LogP contribution in [0.4, 0.5) is 0 Å². The van der Waals surface area contributed by atoms with Crippen LogP contribution in [0.3, 0.4) is 0 Å². The average Bonchev–Trinajstić information content (AvgIpc) is 2.43. The maximum absolute atomic E-state index is 12.4. The van der Waals surface area contributed by atoms with E-state index in [0.717, 1.165) is 29.5 Å². The summed E-state index contributed by atoms with van der Waals surface area (Å²) in [5.74, 6) is -0.0623. The number of ether oxygens (including phenoxy) is 1. The molecule has 0 bridgehead atoms. The predicted molar refractivity (Wildman–Crippen MR) is 97.4 cm³/mol. The molecule has 0 saturated carbocycles. The van der Waals surface area contributed by atoms with Crippen molar-refractivity contribution >= 4 is 51.2 Å². The molecule has 0 spiro atoms. The third-order valence-corrected chi connectivity index (χ3v) is 5.47. The van der Waals surface area contributed by atoms with Crippen molar-refractivity contribution < 1.29 is 20.0 Å². The first kappa shape index (κ1) is 17.3. The van der Waals surface area contributed by atoms with E-state index in [9.17, 15) is 9.90 Å². The Morgan fingerprint density at radius 2 is 1.95 bits per heavy atom. The Kier molecular flexibility index (Phi) is 5.75. The van der Waals surface area contributed by atoms with Crippen LogP contribution in [0.2, 0.25) is 0 Å². The molecule has 21 heavy (non-hydrogen) atoms. The quantitative estimate of drug-likeness (QED) is 0.480. The van der Waals surface area contributed by atoms with Crippen molar-refractivity contribution in [2.75, 3.05) is 13.1 Å². The Labute approximate surface area is 152 Å². The van der Waals surface area contributed by atoms with Crippen molar-refractivity contribution in [3.8, 4) is 5.75 Å². The van der Waals surface area contributed by atoms with Gasteiger partial charge in [0, 0.05) is 22.3 Å². The highest BCUT2D eigenvalue weighted by Gasteiger charge is 2.36. The van der Waals surface area contributed by atoms with Crippen molar-refractivity contribution in [3.05, 3.63) is 24.8 Å². The second kappa shape index (κ2) is 6.99. The highest BCUT2D eigenvalue weighted by atomic mass is 127. The number of nitrogens with two attached hydrogens (primary N) is 1. The maximum Gasteiger partial charge on any atom is 0.342 e. The fourth-order valence-electron chi connectivity index (χ4n) is 2.72. The van der Waals surface area contributed by atoms with Crippen molar-refractivity contribution in [1.82, 2.24) is 0 Å². The zero-order valence-electron chi connectivity index (χ0n) is 12.2. The van der Waals surface area contributed by atoms with Crippen LogP contribution in [-0.2, 0) is 4.74 Å². The molecule has 0 amide bonds.